The van der Waals surface area contributed by atoms with Gasteiger partial charge in [-0.05, 0) is 38.5 Å². The predicted octanol–water partition coefficient (Wildman–Crippen LogP) is 6.16. The lowest BCUT2D eigenvalue weighted by Crippen LogP contribution is -1.93. The second-order valence-corrected chi connectivity index (χ2v) is 5.49. The van der Waals surface area contributed by atoms with Crippen molar-refractivity contribution in [3.8, 4) is 0 Å². The molecule has 0 aromatic heterocycles. The monoisotopic (exact) mass is 322 g/mol. The summed E-state index contributed by atoms with van der Waals surface area (Å²) in [5.41, 5.74) is 0. The number of rotatable bonds is 14. The fraction of sp³-hybridized carbons (Fsp3) is 0.550. The van der Waals surface area contributed by atoms with Gasteiger partial charge >= 0.3 is 5.97 Å². The summed E-state index contributed by atoms with van der Waals surface area (Å²) in [6.45, 7) is 2.07. The van der Waals surface area contributed by atoms with Crippen LogP contribution in [-0.2, 0) is 4.79 Å². The molecule has 0 radical (unpaired) electrons. The zero-order chi connectivity index (χ0) is 17.2. The molecule has 3 heteroatoms. The SMILES string of the molecule is CCCCC(F)C=CCC=CCC=CCC=CCCCC(=O)O. The van der Waals surface area contributed by atoms with Crippen molar-refractivity contribution in [1.29, 1.82) is 0 Å². The van der Waals surface area contributed by atoms with E-state index in [1.165, 1.54) is 0 Å². The summed E-state index contributed by atoms with van der Waals surface area (Å²) >= 11 is 0. The summed E-state index contributed by atoms with van der Waals surface area (Å²) in [6, 6.07) is 0. The van der Waals surface area contributed by atoms with Crippen LogP contribution in [0.1, 0.15) is 64.7 Å². The standard InChI is InChI=1S/C20H31FO2/c1-2-3-16-19(21)17-14-12-10-8-6-4-5-7-9-11-13-15-18-20(22)23/h4-5,8-11,14,17,19H,2-3,6-7,12-13,15-16,18H2,1H3,(H,22,23). The van der Waals surface area contributed by atoms with Gasteiger partial charge in [0.15, 0.2) is 0 Å². The van der Waals surface area contributed by atoms with Gasteiger partial charge in [-0.15, -0.1) is 0 Å². The Kier molecular flexibility index (Phi) is 15.5. The van der Waals surface area contributed by atoms with E-state index in [1.54, 1.807) is 6.08 Å². The van der Waals surface area contributed by atoms with E-state index in [9.17, 15) is 9.18 Å². The van der Waals surface area contributed by atoms with Gasteiger partial charge in [0, 0.05) is 6.42 Å². The van der Waals surface area contributed by atoms with E-state index < -0.39 is 12.1 Å². The van der Waals surface area contributed by atoms with Crippen LogP contribution in [0.25, 0.3) is 0 Å². The molecule has 1 unspecified atom stereocenters. The first-order valence-corrected chi connectivity index (χ1v) is 8.64. The highest BCUT2D eigenvalue weighted by Gasteiger charge is 1.98. The fourth-order valence-electron chi connectivity index (χ4n) is 1.93. The fourth-order valence-corrected chi connectivity index (χ4v) is 1.93. The average Bonchev–Trinajstić information content (AvgIpc) is 2.52. The average molecular weight is 322 g/mol. The van der Waals surface area contributed by atoms with Crippen LogP contribution in [0.15, 0.2) is 48.6 Å². The second kappa shape index (κ2) is 16.7. The first kappa shape index (κ1) is 21.4. The van der Waals surface area contributed by atoms with Crippen LogP contribution in [0, 0.1) is 0 Å². The minimum Gasteiger partial charge on any atom is -0.481 e. The zero-order valence-electron chi connectivity index (χ0n) is 14.3. The molecule has 0 heterocycles. The molecule has 0 aliphatic carbocycles. The number of allylic oxidation sites excluding steroid dienone is 8. The van der Waals surface area contributed by atoms with Crippen molar-refractivity contribution >= 4 is 5.97 Å². The lowest BCUT2D eigenvalue weighted by molar-refractivity contribution is -0.137. The highest BCUT2D eigenvalue weighted by atomic mass is 19.1. The molecular formula is C20H31FO2. The quantitative estimate of drug-likeness (QED) is 0.307. The Morgan fingerprint density at radius 1 is 0.957 bits per heavy atom. The minimum absolute atomic E-state index is 0.237. The lowest BCUT2D eigenvalue weighted by Gasteiger charge is -1.99. The van der Waals surface area contributed by atoms with Crippen molar-refractivity contribution in [1.82, 2.24) is 0 Å². The van der Waals surface area contributed by atoms with E-state index in [1.807, 2.05) is 12.2 Å². The molecule has 1 atom stereocenters. The van der Waals surface area contributed by atoms with Crippen LogP contribution < -0.4 is 0 Å². The summed E-state index contributed by atoms with van der Waals surface area (Å²) in [6.07, 6.45) is 22.1. The Balaban J connectivity index is 3.53. The molecule has 0 aliphatic heterocycles. The molecule has 0 aliphatic rings. The third-order valence-electron chi connectivity index (χ3n) is 3.26. The van der Waals surface area contributed by atoms with Crippen LogP contribution in [0.3, 0.4) is 0 Å². The van der Waals surface area contributed by atoms with Gasteiger partial charge in [0.25, 0.3) is 0 Å². The maximum absolute atomic E-state index is 13.3. The summed E-state index contributed by atoms with van der Waals surface area (Å²) in [5.74, 6) is -0.733. The maximum Gasteiger partial charge on any atom is 0.303 e. The number of unbranched alkanes of at least 4 members (excludes halogenated alkanes) is 2. The molecule has 2 nitrogen and oxygen atoms in total. The van der Waals surface area contributed by atoms with E-state index in [2.05, 4.69) is 37.3 Å². The molecule has 0 aromatic rings. The van der Waals surface area contributed by atoms with Crippen molar-refractivity contribution < 1.29 is 14.3 Å². The van der Waals surface area contributed by atoms with Gasteiger partial charge in [0.2, 0.25) is 0 Å². The third-order valence-corrected chi connectivity index (χ3v) is 3.26. The van der Waals surface area contributed by atoms with Gasteiger partial charge in [-0.25, -0.2) is 4.39 Å². The van der Waals surface area contributed by atoms with E-state index in [4.69, 9.17) is 5.11 Å². The molecule has 0 rings (SSSR count). The highest BCUT2D eigenvalue weighted by molar-refractivity contribution is 5.66. The van der Waals surface area contributed by atoms with Gasteiger partial charge < -0.3 is 5.11 Å². The summed E-state index contributed by atoms with van der Waals surface area (Å²) < 4.78 is 13.3. The normalized spacial score (nSPS) is 13.8. The van der Waals surface area contributed by atoms with Gasteiger partial charge in [-0.3, -0.25) is 4.79 Å². The summed E-state index contributed by atoms with van der Waals surface area (Å²) in [5, 5.41) is 8.49. The Morgan fingerprint density at radius 3 is 2.09 bits per heavy atom. The molecule has 0 amide bonds. The molecule has 0 saturated heterocycles. The number of hydrogen-bond acceptors (Lipinski definition) is 1. The smallest absolute Gasteiger partial charge is 0.303 e. The topological polar surface area (TPSA) is 37.3 Å². The Labute approximate surface area is 140 Å². The van der Waals surface area contributed by atoms with Gasteiger partial charge in [0.05, 0.1) is 0 Å². The number of carboxylic acid groups (broad SMARTS) is 1. The van der Waals surface area contributed by atoms with Crippen LogP contribution in [0.4, 0.5) is 4.39 Å². The molecule has 23 heavy (non-hydrogen) atoms. The molecule has 0 spiro atoms. The number of carboxylic acids is 1. The van der Waals surface area contributed by atoms with Crippen molar-refractivity contribution in [2.24, 2.45) is 0 Å². The molecule has 130 valence electrons. The molecule has 0 fully saturated rings. The molecule has 0 bridgehead atoms. The minimum atomic E-state index is -0.800. The number of hydrogen-bond donors (Lipinski definition) is 1. The number of carbonyl (C=O) groups is 1. The highest BCUT2D eigenvalue weighted by Crippen LogP contribution is 2.06. The molecule has 0 aromatic carbocycles. The second-order valence-electron chi connectivity index (χ2n) is 5.49. The van der Waals surface area contributed by atoms with Crippen LogP contribution >= 0.6 is 0 Å². The van der Waals surface area contributed by atoms with E-state index >= 15 is 0 Å². The number of aliphatic carboxylic acids is 1. The Bertz CT molecular complexity index is 394. The molecule has 0 saturated carbocycles. The summed E-state index contributed by atoms with van der Waals surface area (Å²) in [7, 11) is 0. The molecule has 1 N–H and O–H groups in total. The predicted molar refractivity (Wildman–Crippen MR) is 96.3 cm³/mol. The van der Waals surface area contributed by atoms with Crippen LogP contribution in [0.5, 0.6) is 0 Å². The zero-order valence-corrected chi connectivity index (χ0v) is 14.3. The summed E-state index contributed by atoms with van der Waals surface area (Å²) in [4.78, 5) is 10.3. The van der Waals surface area contributed by atoms with Crippen LogP contribution in [0.2, 0.25) is 0 Å². The van der Waals surface area contributed by atoms with Crippen molar-refractivity contribution in [2.75, 3.05) is 0 Å². The van der Waals surface area contributed by atoms with Gasteiger partial charge in [-0.1, -0.05) is 68.4 Å². The van der Waals surface area contributed by atoms with Gasteiger partial charge in [0.1, 0.15) is 6.17 Å². The Hall–Kier alpha value is -1.64. The largest absolute Gasteiger partial charge is 0.481 e. The number of halogens is 1. The van der Waals surface area contributed by atoms with Crippen molar-refractivity contribution in [2.45, 2.75) is 70.9 Å². The van der Waals surface area contributed by atoms with E-state index in [-0.39, 0.29) is 6.42 Å². The van der Waals surface area contributed by atoms with E-state index in [0.29, 0.717) is 12.8 Å². The first-order chi connectivity index (χ1) is 11.2. The maximum atomic E-state index is 13.3. The Morgan fingerprint density at radius 2 is 1.52 bits per heavy atom. The van der Waals surface area contributed by atoms with Crippen LogP contribution in [-0.4, -0.2) is 17.2 Å². The van der Waals surface area contributed by atoms with Crippen molar-refractivity contribution in [3.05, 3.63) is 48.6 Å². The third kappa shape index (κ3) is 18.3. The van der Waals surface area contributed by atoms with Crippen molar-refractivity contribution in [3.63, 3.8) is 0 Å². The van der Waals surface area contributed by atoms with Gasteiger partial charge in [-0.2, -0.15) is 0 Å². The number of alkyl halides is 1. The molecular weight excluding hydrogens is 291 g/mol. The lowest BCUT2D eigenvalue weighted by atomic mass is 10.1. The van der Waals surface area contributed by atoms with E-state index in [0.717, 1.165) is 38.5 Å². The first-order valence-electron chi connectivity index (χ1n) is 8.64.